The number of hydrogen-bond acceptors (Lipinski definition) is 5. The molecule has 25 heavy (non-hydrogen) atoms. The van der Waals surface area contributed by atoms with Crippen molar-refractivity contribution in [2.75, 3.05) is 31.2 Å². The van der Waals surface area contributed by atoms with Crippen molar-refractivity contribution in [3.05, 3.63) is 29.3 Å². The quantitative estimate of drug-likeness (QED) is 0.822. The number of rotatable bonds is 6. The molecule has 2 heterocycles. The molecule has 2 N–H and O–H groups in total. The van der Waals surface area contributed by atoms with Crippen molar-refractivity contribution in [3.63, 3.8) is 0 Å². The molecule has 0 radical (unpaired) electrons. The minimum Gasteiger partial charge on any atom is -0.478 e. The highest BCUT2D eigenvalue weighted by atomic mass is 16.7. The second-order valence-corrected chi connectivity index (χ2v) is 6.86. The summed E-state index contributed by atoms with van der Waals surface area (Å²) in [7, 11) is 0. The Kier molecular flexibility index (Phi) is 6.29. The van der Waals surface area contributed by atoms with Crippen LogP contribution < -0.4 is 4.90 Å². The summed E-state index contributed by atoms with van der Waals surface area (Å²) in [6.45, 7) is 3.12. The van der Waals surface area contributed by atoms with E-state index in [1.807, 2.05) is 6.07 Å². The number of carboxylic acids is 1. The van der Waals surface area contributed by atoms with Crippen LogP contribution in [0.3, 0.4) is 0 Å². The molecular formula is C19H27NO5. The summed E-state index contributed by atoms with van der Waals surface area (Å²) in [4.78, 5) is 13.4. The van der Waals surface area contributed by atoms with Crippen molar-refractivity contribution in [2.24, 2.45) is 5.92 Å². The van der Waals surface area contributed by atoms with E-state index in [1.54, 1.807) is 12.1 Å². The molecule has 0 aromatic heterocycles. The molecule has 3 rings (SSSR count). The Balaban J connectivity index is 1.50. The molecular weight excluding hydrogens is 322 g/mol. The van der Waals surface area contributed by atoms with Gasteiger partial charge in [0.25, 0.3) is 0 Å². The highest BCUT2D eigenvalue weighted by molar-refractivity contribution is 5.90. The van der Waals surface area contributed by atoms with Gasteiger partial charge < -0.3 is 24.6 Å². The van der Waals surface area contributed by atoms with E-state index in [1.165, 1.54) is 6.42 Å². The first-order valence-corrected chi connectivity index (χ1v) is 9.12. The second-order valence-electron chi connectivity index (χ2n) is 6.86. The summed E-state index contributed by atoms with van der Waals surface area (Å²) in [5.41, 5.74) is 1.61. The number of ether oxygens (including phenoxy) is 2. The van der Waals surface area contributed by atoms with E-state index in [0.717, 1.165) is 57.7 Å². The monoisotopic (exact) mass is 349 g/mol. The minimum absolute atomic E-state index is 0.0255. The van der Waals surface area contributed by atoms with Gasteiger partial charge in [0.1, 0.15) is 0 Å². The summed E-state index contributed by atoms with van der Waals surface area (Å²) in [6, 6.07) is 5.20. The summed E-state index contributed by atoms with van der Waals surface area (Å²) in [6.07, 6.45) is 5.38. The Hall–Kier alpha value is -1.63. The van der Waals surface area contributed by atoms with Crippen molar-refractivity contribution in [2.45, 2.75) is 45.0 Å². The van der Waals surface area contributed by atoms with E-state index >= 15 is 0 Å². The number of carbonyl (C=O) groups is 1. The Bertz CT molecular complexity index is 577. The fraction of sp³-hybridized carbons (Fsp3) is 0.632. The number of piperidine rings is 1. The first-order valence-electron chi connectivity index (χ1n) is 9.12. The molecule has 0 bridgehead atoms. The largest absolute Gasteiger partial charge is 0.478 e. The highest BCUT2D eigenvalue weighted by Crippen LogP contribution is 2.26. The van der Waals surface area contributed by atoms with E-state index in [4.69, 9.17) is 14.6 Å². The van der Waals surface area contributed by atoms with Gasteiger partial charge in [-0.1, -0.05) is 0 Å². The Morgan fingerprint density at radius 1 is 1.24 bits per heavy atom. The number of aliphatic hydroxyl groups excluding tert-OH is 1. The zero-order valence-corrected chi connectivity index (χ0v) is 14.5. The number of nitrogens with zero attached hydrogens (tertiary/aromatic N) is 1. The van der Waals surface area contributed by atoms with E-state index in [9.17, 15) is 9.90 Å². The molecule has 2 aliphatic rings. The maximum Gasteiger partial charge on any atom is 0.336 e. The van der Waals surface area contributed by atoms with Gasteiger partial charge in [0.15, 0.2) is 6.29 Å². The SMILES string of the molecule is O=C(O)c1ccc(N2CCC(COC3CCCCO3)CC2)cc1CO. The van der Waals surface area contributed by atoms with Gasteiger partial charge in [0.2, 0.25) is 0 Å². The number of carboxylic acid groups (broad SMARTS) is 1. The summed E-state index contributed by atoms with van der Waals surface area (Å²) in [5, 5.41) is 18.6. The van der Waals surface area contributed by atoms with Crippen molar-refractivity contribution in [1.29, 1.82) is 0 Å². The average Bonchev–Trinajstić information content (AvgIpc) is 2.67. The van der Waals surface area contributed by atoms with Crippen LogP contribution in [0.2, 0.25) is 0 Å². The lowest BCUT2D eigenvalue weighted by molar-refractivity contribution is -0.169. The van der Waals surface area contributed by atoms with Gasteiger partial charge in [-0.2, -0.15) is 0 Å². The minimum atomic E-state index is -1.00. The maximum atomic E-state index is 11.2. The molecule has 2 aliphatic heterocycles. The van der Waals surface area contributed by atoms with Crippen LogP contribution in [-0.2, 0) is 16.1 Å². The third-order valence-corrected chi connectivity index (χ3v) is 5.12. The highest BCUT2D eigenvalue weighted by Gasteiger charge is 2.23. The van der Waals surface area contributed by atoms with Gasteiger partial charge in [-0.25, -0.2) is 4.79 Å². The topological polar surface area (TPSA) is 79.2 Å². The molecule has 1 atom stereocenters. The number of benzene rings is 1. The van der Waals surface area contributed by atoms with Crippen LogP contribution in [0, 0.1) is 5.92 Å². The van der Waals surface area contributed by atoms with Gasteiger partial charge in [0.05, 0.1) is 18.8 Å². The van der Waals surface area contributed by atoms with Gasteiger partial charge in [-0.3, -0.25) is 0 Å². The first-order chi connectivity index (χ1) is 12.2. The van der Waals surface area contributed by atoms with Gasteiger partial charge >= 0.3 is 5.97 Å². The maximum absolute atomic E-state index is 11.2. The molecule has 2 fully saturated rings. The van der Waals surface area contributed by atoms with Gasteiger partial charge in [-0.15, -0.1) is 0 Å². The molecule has 1 unspecified atom stereocenters. The second kappa shape index (κ2) is 8.65. The van der Waals surface area contributed by atoms with Gasteiger partial charge in [-0.05, 0) is 61.8 Å². The van der Waals surface area contributed by atoms with E-state index < -0.39 is 5.97 Å². The smallest absolute Gasteiger partial charge is 0.336 e. The molecule has 0 amide bonds. The average molecular weight is 349 g/mol. The summed E-state index contributed by atoms with van der Waals surface area (Å²) < 4.78 is 11.5. The van der Waals surface area contributed by atoms with Crippen LogP contribution in [0.4, 0.5) is 5.69 Å². The van der Waals surface area contributed by atoms with E-state index in [-0.39, 0.29) is 18.5 Å². The number of anilines is 1. The Morgan fingerprint density at radius 3 is 2.68 bits per heavy atom. The zero-order valence-electron chi connectivity index (χ0n) is 14.5. The third-order valence-electron chi connectivity index (χ3n) is 5.12. The zero-order chi connectivity index (χ0) is 17.6. The van der Waals surface area contributed by atoms with Crippen LogP contribution in [0.1, 0.15) is 48.0 Å². The van der Waals surface area contributed by atoms with Crippen LogP contribution in [0.5, 0.6) is 0 Å². The fourth-order valence-corrected chi connectivity index (χ4v) is 3.56. The molecule has 6 heteroatoms. The molecule has 0 spiro atoms. The summed E-state index contributed by atoms with van der Waals surface area (Å²) in [5.74, 6) is -0.464. The van der Waals surface area contributed by atoms with Crippen LogP contribution in [-0.4, -0.2) is 48.8 Å². The first kappa shape index (κ1) is 18.2. The lowest BCUT2D eigenvalue weighted by Crippen LogP contribution is -2.36. The van der Waals surface area contributed by atoms with Crippen LogP contribution >= 0.6 is 0 Å². The standard InChI is InChI=1S/C19H27NO5/c21-12-15-11-16(4-5-17(15)19(22)23)20-8-6-14(7-9-20)13-25-18-3-1-2-10-24-18/h4-5,11,14,18,21H,1-3,6-10,12-13H2,(H,22,23). The van der Waals surface area contributed by atoms with Gasteiger partial charge in [0, 0.05) is 25.4 Å². The number of aliphatic hydroxyl groups is 1. The molecule has 0 saturated carbocycles. The lowest BCUT2D eigenvalue weighted by atomic mass is 9.96. The van der Waals surface area contributed by atoms with Crippen LogP contribution in [0.25, 0.3) is 0 Å². The van der Waals surface area contributed by atoms with Crippen LogP contribution in [0.15, 0.2) is 18.2 Å². The normalized spacial score (nSPS) is 22.1. The van der Waals surface area contributed by atoms with E-state index in [0.29, 0.717) is 11.5 Å². The van der Waals surface area contributed by atoms with Crippen molar-refractivity contribution >= 4 is 11.7 Å². The number of aromatic carboxylic acids is 1. The molecule has 138 valence electrons. The van der Waals surface area contributed by atoms with Crippen molar-refractivity contribution < 1.29 is 24.5 Å². The molecule has 1 aromatic rings. The molecule has 6 nitrogen and oxygen atoms in total. The lowest BCUT2D eigenvalue weighted by Gasteiger charge is -2.34. The molecule has 0 aliphatic carbocycles. The Morgan fingerprint density at radius 2 is 2.04 bits per heavy atom. The molecule has 2 saturated heterocycles. The number of hydrogen-bond donors (Lipinski definition) is 2. The predicted molar refractivity (Wildman–Crippen MR) is 93.8 cm³/mol. The third kappa shape index (κ3) is 4.71. The van der Waals surface area contributed by atoms with Crippen molar-refractivity contribution in [1.82, 2.24) is 0 Å². The predicted octanol–water partition coefficient (Wildman–Crippen LogP) is 2.64. The fourth-order valence-electron chi connectivity index (χ4n) is 3.56. The van der Waals surface area contributed by atoms with Crippen molar-refractivity contribution in [3.8, 4) is 0 Å². The van der Waals surface area contributed by atoms with E-state index in [2.05, 4.69) is 4.90 Å². The Labute approximate surface area is 148 Å². The summed E-state index contributed by atoms with van der Waals surface area (Å²) >= 11 is 0. The molecule has 1 aromatic carbocycles.